The first-order valence-corrected chi connectivity index (χ1v) is 9.04. The third-order valence-corrected chi connectivity index (χ3v) is 4.08. The predicted molar refractivity (Wildman–Crippen MR) is 106 cm³/mol. The van der Waals surface area contributed by atoms with Gasteiger partial charge in [0.1, 0.15) is 11.4 Å². The third-order valence-electron chi connectivity index (χ3n) is 4.08. The van der Waals surface area contributed by atoms with Crippen LogP contribution in [0.25, 0.3) is 0 Å². The third kappa shape index (κ3) is 5.22. The molecule has 0 saturated heterocycles. The largest absolute Gasteiger partial charge is 0.493 e. The van der Waals surface area contributed by atoms with Crippen LogP contribution in [0.5, 0.6) is 11.5 Å². The van der Waals surface area contributed by atoms with E-state index in [0.29, 0.717) is 5.69 Å². The number of esters is 1. The zero-order chi connectivity index (χ0) is 22.3. The second kappa shape index (κ2) is 10.2. The van der Waals surface area contributed by atoms with Gasteiger partial charge in [-0.25, -0.2) is 9.18 Å². The van der Waals surface area contributed by atoms with Gasteiger partial charge >= 0.3 is 5.97 Å². The van der Waals surface area contributed by atoms with Crippen LogP contribution in [0.2, 0.25) is 0 Å². The minimum Gasteiger partial charge on any atom is -0.493 e. The minimum absolute atomic E-state index is 0.104. The van der Waals surface area contributed by atoms with Crippen molar-refractivity contribution in [2.24, 2.45) is 0 Å². The van der Waals surface area contributed by atoms with Crippen molar-refractivity contribution in [1.82, 2.24) is 0 Å². The van der Waals surface area contributed by atoms with Crippen molar-refractivity contribution in [3.8, 4) is 11.5 Å². The van der Waals surface area contributed by atoms with Crippen LogP contribution in [-0.2, 0) is 9.53 Å². The van der Waals surface area contributed by atoms with Gasteiger partial charge in [0.25, 0.3) is 11.6 Å². The molecule has 0 unspecified atom stereocenters. The van der Waals surface area contributed by atoms with E-state index in [9.17, 15) is 24.1 Å². The summed E-state index contributed by atoms with van der Waals surface area (Å²) in [6, 6.07) is 7.44. The molecular formula is C20H21FN2O7. The van der Waals surface area contributed by atoms with Gasteiger partial charge in [-0.1, -0.05) is 0 Å². The van der Waals surface area contributed by atoms with Crippen molar-refractivity contribution >= 4 is 23.3 Å². The van der Waals surface area contributed by atoms with Gasteiger partial charge in [0.05, 0.1) is 24.7 Å². The second-order valence-electron chi connectivity index (χ2n) is 5.90. The van der Waals surface area contributed by atoms with Gasteiger partial charge in [-0.05, 0) is 38.1 Å². The molecule has 0 aliphatic carbocycles. The van der Waals surface area contributed by atoms with Crippen LogP contribution in [-0.4, -0.2) is 43.7 Å². The molecule has 0 aliphatic rings. The van der Waals surface area contributed by atoms with Gasteiger partial charge in [0, 0.05) is 18.3 Å². The summed E-state index contributed by atoms with van der Waals surface area (Å²) in [7, 11) is 1.32. The van der Waals surface area contributed by atoms with Gasteiger partial charge in [-0.3, -0.25) is 14.9 Å². The normalized spacial score (nSPS) is 10.3. The maximum atomic E-state index is 13.1. The maximum absolute atomic E-state index is 13.1. The van der Waals surface area contributed by atoms with Gasteiger partial charge in [0.15, 0.2) is 18.1 Å². The standard InChI is InChI=1S/C20H21FN2O7/c1-4-22(14-8-6-13(21)7-9-14)19(24)12-30-20(25)15-10-17(28-3)18(29-5-2)11-16(15)23(26)27/h6-11H,4-5,12H2,1-3H3. The molecule has 0 saturated carbocycles. The number of rotatable bonds is 9. The number of nitro benzene ring substituents is 1. The number of methoxy groups -OCH3 is 1. The van der Waals surface area contributed by atoms with E-state index in [1.807, 2.05) is 0 Å². The molecule has 0 radical (unpaired) electrons. The highest BCUT2D eigenvalue weighted by Gasteiger charge is 2.27. The summed E-state index contributed by atoms with van der Waals surface area (Å²) in [5.74, 6) is -1.87. The number of halogens is 1. The minimum atomic E-state index is -1.06. The number of amides is 1. The summed E-state index contributed by atoms with van der Waals surface area (Å²) in [5, 5.41) is 11.4. The Hall–Kier alpha value is -3.69. The highest BCUT2D eigenvalue weighted by Crippen LogP contribution is 2.35. The van der Waals surface area contributed by atoms with Crippen molar-refractivity contribution in [2.75, 3.05) is 31.8 Å². The smallest absolute Gasteiger partial charge is 0.345 e. The predicted octanol–water partition coefficient (Wildman–Crippen LogP) is 3.35. The SMILES string of the molecule is CCOc1cc([N+](=O)[O-])c(C(=O)OCC(=O)N(CC)c2ccc(F)cc2)cc1OC. The lowest BCUT2D eigenvalue weighted by atomic mass is 10.1. The number of likely N-dealkylation sites (N-methyl/N-ethyl adjacent to an activating group) is 1. The average molecular weight is 420 g/mol. The number of benzene rings is 2. The molecule has 0 fully saturated rings. The molecule has 1 amide bonds. The van der Waals surface area contributed by atoms with Gasteiger partial charge in [-0.2, -0.15) is 0 Å². The summed E-state index contributed by atoms with van der Waals surface area (Å²) in [6.07, 6.45) is 0. The summed E-state index contributed by atoms with van der Waals surface area (Å²) in [5.41, 5.74) is -0.491. The van der Waals surface area contributed by atoms with Crippen molar-refractivity contribution in [1.29, 1.82) is 0 Å². The molecule has 0 aromatic heterocycles. The summed E-state index contributed by atoms with van der Waals surface area (Å²) in [4.78, 5) is 36.8. The molecule has 0 atom stereocenters. The number of hydrogen-bond donors (Lipinski definition) is 0. The fourth-order valence-corrected chi connectivity index (χ4v) is 2.70. The Labute approximate surface area is 172 Å². The van der Waals surface area contributed by atoms with Crippen LogP contribution in [0.1, 0.15) is 24.2 Å². The molecule has 0 spiro atoms. The van der Waals surface area contributed by atoms with Crippen molar-refractivity contribution in [3.05, 3.63) is 57.9 Å². The first-order chi connectivity index (χ1) is 14.3. The topological polar surface area (TPSA) is 108 Å². The molecule has 10 heteroatoms. The van der Waals surface area contributed by atoms with E-state index in [4.69, 9.17) is 14.2 Å². The van der Waals surface area contributed by atoms with E-state index in [1.165, 1.54) is 36.3 Å². The molecule has 0 aliphatic heterocycles. The van der Waals surface area contributed by atoms with E-state index in [0.717, 1.165) is 12.1 Å². The first-order valence-electron chi connectivity index (χ1n) is 9.04. The van der Waals surface area contributed by atoms with E-state index in [2.05, 4.69) is 0 Å². The number of nitrogens with zero attached hydrogens (tertiary/aromatic N) is 2. The molecule has 0 N–H and O–H groups in total. The molecule has 160 valence electrons. The summed E-state index contributed by atoms with van der Waals surface area (Å²) >= 11 is 0. The van der Waals surface area contributed by atoms with Crippen LogP contribution in [0.15, 0.2) is 36.4 Å². The zero-order valence-corrected chi connectivity index (χ0v) is 16.7. The van der Waals surface area contributed by atoms with Crippen LogP contribution < -0.4 is 14.4 Å². The Morgan fingerprint density at radius 2 is 1.80 bits per heavy atom. The quantitative estimate of drug-likeness (QED) is 0.348. The van der Waals surface area contributed by atoms with Crippen LogP contribution in [0.4, 0.5) is 15.8 Å². The number of ether oxygens (including phenoxy) is 3. The van der Waals surface area contributed by atoms with Gasteiger partial charge in [-0.15, -0.1) is 0 Å². The number of hydrogen-bond acceptors (Lipinski definition) is 7. The first kappa shape index (κ1) is 22.6. The number of carbonyl (C=O) groups excluding carboxylic acids is 2. The molecule has 0 heterocycles. The Morgan fingerprint density at radius 3 is 2.33 bits per heavy atom. The van der Waals surface area contributed by atoms with Crippen molar-refractivity contribution < 1.29 is 33.1 Å². The van der Waals surface area contributed by atoms with Crippen molar-refractivity contribution in [2.45, 2.75) is 13.8 Å². The van der Waals surface area contributed by atoms with Crippen LogP contribution >= 0.6 is 0 Å². The fourth-order valence-electron chi connectivity index (χ4n) is 2.70. The van der Waals surface area contributed by atoms with Crippen molar-refractivity contribution in [3.63, 3.8) is 0 Å². The molecule has 9 nitrogen and oxygen atoms in total. The van der Waals surface area contributed by atoms with E-state index in [1.54, 1.807) is 13.8 Å². The summed E-state index contributed by atoms with van der Waals surface area (Å²) in [6.45, 7) is 3.22. The van der Waals surface area contributed by atoms with Crippen LogP contribution in [0, 0.1) is 15.9 Å². The van der Waals surface area contributed by atoms with Gasteiger partial charge < -0.3 is 19.1 Å². The van der Waals surface area contributed by atoms with E-state index < -0.39 is 34.9 Å². The second-order valence-corrected chi connectivity index (χ2v) is 5.90. The monoisotopic (exact) mass is 420 g/mol. The maximum Gasteiger partial charge on any atom is 0.345 e. The molecular weight excluding hydrogens is 399 g/mol. The number of nitro groups is 1. The Morgan fingerprint density at radius 1 is 1.13 bits per heavy atom. The lowest BCUT2D eigenvalue weighted by Gasteiger charge is -2.21. The Bertz CT molecular complexity index is 931. The lowest BCUT2D eigenvalue weighted by Crippen LogP contribution is -2.34. The Balaban J connectivity index is 2.21. The molecule has 0 bridgehead atoms. The zero-order valence-electron chi connectivity index (χ0n) is 16.7. The number of anilines is 1. The molecule has 30 heavy (non-hydrogen) atoms. The van der Waals surface area contributed by atoms with Gasteiger partial charge in [0.2, 0.25) is 0 Å². The van der Waals surface area contributed by atoms with E-state index in [-0.39, 0.29) is 30.2 Å². The highest BCUT2D eigenvalue weighted by atomic mass is 19.1. The van der Waals surface area contributed by atoms with Crippen LogP contribution in [0.3, 0.4) is 0 Å². The Kier molecular flexibility index (Phi) is 7.68. The fraction of sp³-hybridized carbons (Fsp3) is 0.300. The average Bonchev–Trinajstić information content (AvgIpc) is 2.73. The van der Waals surface area contributed by atoms with E-state index >= 15 is 0 Å². The highest BCUT2D eigenvalue weighted by molar-refractivity contribution is 5.99. The molecule has 2 aromatic carbocycles. The number of carbonyl (C=O) groups is 2. The lowest BCUT2D eigenvalue weighted by molar-refractivity contribution is -0.385. The molecule has 2 aromatic rings. The summed E-state index contributed by atoms with van der Waals surface area (Å²) < 4.78 is 28.5. The molecule has 2 rings (SSSR count).